The molecule has 9 heteroatoms. The van der Waals surface area contributed by atoms with Gasteiger partial charge in [0.2, 0.25) is 5.91 Å². The minimum absolute atomic E-state index is 0.0111. The molecule has 4 rings (SSSR count). The zero-order chi connectivity index (χ0) is 27.8. The van der Waals surface area contributed by atoms with Crippen LogP contribution in [0, 0.1) is 17.8 Å². The van der Waals surface area contributed by atoms with E-state index in [1.807, 2.05) is 20.8 Å². The number of fused-ring (bicyclic) bond motifs is 1. The van der Waals surface area contributed by atoms with Crippen LogP contribution in [-0.2, 0) is 23.9 Å². The molecule has 2 amide bonds. The number of aliphatic hydroxyl groups is 1. The highest BCUT2D eigenvalue weighted by Crippen LogP contribution is 2.64. The van der Waals surface area contributed by atoms with E-state index in [2.05, 4.69) is 13.2 Å². The van der Waals surface area contributed by atoms with Crippen LogP contribution >= 0.6 is 11.6 Å². The number of carbonyl (C=O) groups is 3. The maximum atomic E-state index is 14.6. The second kappa shape index (κ2) is 10.8. The quantitative estimate of drug-likeness (QED) is 0.336. The van der Waals surface area contributed by atoms with Crippen LogP contribution < -0.4 is 4.90 Å². The molecule has 2 bridgehead atoms. The number of benzene rings is 1. The normalized spacial score (nSPS) is 31.0. The van der Waals surface area contributed by atoms with Crippen LogP contribution in [0.5, 0.6) is 0 Å². The molecule has 0 radical (unpaired) electrons. The molecule has 3 aliphatic heterocycles. The molecule has 0 aliphatic carbocycles. The lowest BCUT2D eigenvalue weighted by atomic mass is 9.66. The van der Waals surface area contributed by atoms with E-state index in [-0.39, 0.29) is 37.5 Å². The van der Waals surface area contributed by atoms with Gasteiger partial charge in [-0.15, -0.1) is 6.58 Å². The van der Waals surface area contributed by atoms with E-state index in [9.17, 15) is 19.5 Å². The molecule has 2 unspecified atom stereocenters. The molecule has 38 heavy (non-hydrogen) atoms. The third kappa shape index (κ3) is 4.27. The molecule has 3 heterocycles. The predicted octanol–water partition coefficient (Wildman–Crippen LogP) is 3.76. The van der Waals surface area contributed by atoms with E-state index in [0.29, 0.717) is 30.0 Å². The Bertz CT molecular complexity index is 1130. The minimum Gasteiger partial charge on any atom is -0.461 e. The van der Waals surface area contributed by atoms with Gasteiger partial charge in [0.05, 0.1) is 34.9 Å². The second-order valence-corrected chi connectivity index (χ2v) is 11.1. The largest absolute Gasteiger partial charge is 0.461 e. The summed E-state index contributed by atoms with van der Waals surface area (Å²) in [7, 11) is 0. The molecule has 0 saturated carbocycles. The Morgan fingerprint density at radius 2 is 2.03 bits per heavy atom. The first-order valence-corrected chi connectivity index (χ1v) is 13.6. The summed E-state index contributed by atoms with van der Waals surface area (Å²) >= 11 is 6.51. The lowest BCUT2D eigenvalue weighted by molar-refractivity contribution is -0.160. The Morgan fingerprint density at radius 3 is 2.63 bits per heavy atom. The highest BCUT2D eigenvalue weighted by molar-refractivity contribution is 6.34. The van der Waals surface area contributed by atoms with Gasteiger partial charge in [-0.3, -0.25) is 14.4 Å². The Labute approximate surface area is 229 Å². The number of anilines is 1. The van der Waals surface area contributed by atoms with Crippen molar-refractivity contribution in [1.29, 1.82) is 0 Å². The van der Waals surface area contributed by atoms with E-state index < -0.39 is 41.1 Å². The number of likely N-dealkylation sites (tertiary alicyclic amines) is 1. The third-order valence-electron chi connectivity index (χ3n) is 8.61. The Hall–Kier alpha value is -2.68. The van der Waals surface area contributed by atoms with Gasteiger partial charge < -0.3 is 24.4 Å². The molecule has 206 valence electrons. The lowest BCUT2D eigenvalue weighted by Gasteiger charge is -2.41. The molecule has 3 fully saturated rings. The molecule has 3 aliphatic rings. The summed E-state index contributed by atoms with van der Waals surface area (Å²) in [6.45, 7) is 13.0. The summed E-state index contributed by atoms with van der Waals surface area (Å²) in [6, 6.07) is 5.28. The molecular formula is C29H37ClN2O6. The van der Waals surface area contributed by atoms with Gasteiger partial charge in [-0.25, -0.2) is 0 Å². The molecule has 3 saturated heterocycles. The number of amides is 2. The van der Waals surface area contributed by atoms with E-state index in [0.717, 1.165) is 0 Å². The standard InChI is InChI=1S/C29H37ClN2O6/c1-6-15-31(20-12-10-9-11-19(20)30)26(35)24-29-14-13-28(5,38-29)23(27(36)37-16-7-2)22(29)25(34)32(24)21(17-33)18(4)8-3/h6-7,9-12,18,21-24,33H,1-2,8,13-17H2,3-5H3/t18-,21-,22-,23+,24?,28-,29?/m0/s1. The Kier molecular flexibility index (Phi) is 8.07. The van der Waals surface area contributed by atoms with Crippen molar-refractivity contribution in [3.63, 3.8) is 0 Å². The van der Waals surface area contributed by atoms with Crippen LogP contribution in [0.1, 0.15) is 40.0 Å². The van der Waals surface area contributed by atoms with Crippen LogP contribution in [-0.4, -0.2) is 70.8 Å². The highest BCUT2D eigenvalue weighted by Gasteiger charge is 2.79. The van der Waals surface area contributed by atoms with Gasteiger partial charge in [-0.05, 0) is 37.8 Å². The maximum Gasteiger partial charge on any atom is 0.313 e. The average Bonchev–Trinajstić information content (AvgIpc) is 3.47. The fourth-order valence-electron chi connectivity index (χ4n) is 6.66. The van der Waals surface area contributed by atoms with Crippen molar-refractivity contribution in [2.45, 2.75) is 63.3 Å². The predicted molar refractivity (Wildman–Crippen MR) is 145 cm³/mol. The lowest BCUT2D eigenvalue weighted by Crippen LogP contribution is -2.60. The van der Waals surface area contributed by atoms with Crippen LogP contribution in [0.2, 0.25) is 5.02 Å². The van der Waals surface area contributed by atoms with Gasteiger partial charge in [0.25, 0.3) is 5.91 Å². The minimum atomic E-state index is -1.25. The number of para-hydroxylation sites is 1. The number of nitrogens with zero attached hydrogens (tertiary/aromatic N) is 2. The van der Waals surface area contributed by atoms with Gasteiger partial charge in [0.15, 0.2) is 0 Å². The summed E-state index contributed by atoms with van der Waals surface area (Å²) in [5, 5.41) is 10.9. The van der Waals surface area contributed by atoms with E-state index in [4.69, 9.17) is 21.1 Å². The second-order valence-electron chi connectivity index (χ2n) is 10.7. The number of carbonyl (C=O) groups excluding carboxylic acids is 3. The molecule has 1 aromatic carbocycles. The van der Waals surface area contributed by atoms with Gasteiger partial charge in [-0.2, -0.15) is 0 Å². The van der Waals surface area contributed by atoms with Crippen molar-refractivity contribution in [2.75, 3.05) is 24.7 Å². The number of aliphatic hydroxyl groups excluding tert-OH is 1. The molecule has 8 nitrogen and oxygen atoms in total. The number of rotatable bonds is 11. The summed E-state index contributed by atoms with van der Waals surface area (Å²) in [5.74, 6) is -3.21. The van der Waals surface area contributed by atoms with Crippen molar-refractivity contribution in [2.24, 2.45) is 17.8 Å². The number of esters is 1. The first-order chi connectivity index (χ1) is 18.1. The Balaban J connectivity index is 1.87. The average molecular weight is 545 g/mol. The number of halogens is 1. The van der Waals surface area contributed by atoms with Crippen LogP contribution in [0.3, 0.4) is 0 Å². The molecular weight excluding hydrogens is 508 g/mol. The van der Waals surface area contributed by atoms with Crippen molar-refractivity contribution >= 4 is 35.1 Å². The molecule has 0 aromatic heterocycles. The van der Waals surface area contributed by atoms with Crippen molar-refractivity contribution in [3.05, 3.63) is 54.6 Å². The van der Waals surface area contributed by atoms with Crippen LogP contribution in [0.25, 0.3) is 0 Å². The smallest absolute Gasteiger partial charge is 0.313 e. The molecule has 1 spiro atoms. The fourth-order valence-corrected chi connectivity index (χ4v) is 6.90. The monoisotopic (exact) mass is 544 g/mol. The van der Waals surface area contributed by atoms with E-state index in [1.54, 1.807) is 30.3 Å². The number of hydrogen-bond donors (Lipinski definition) is 1. The number of hydrogen-bond acceptors (Lipinski definition) is 6. The van der Waals surface area contributed by atoms with Gasteiger partial charge >= 0.3 is 5.97 Å². The molecule has 1 N–H and O–H groups in total. The van der Waals surface area contributed by atoms with Crippen LogP contribution in [0.15, 0.2) is 49.6 Å². The first-order valence-electron chi connectivity index (χ1n) is 13.2. The van der Waals surface area contributed by atoms with Gasteiger partial charge in [0, 0.05) is 6.54 Å². The maximum absolute atomic E-state index is 14.6. The zero-order valence-electron chi connectivity index (χ0n) is 22.3. The summed E-state index contributed by atoms with van der Waals surface area (Å²) in [5.41, 5.74) is -1.72. The van der Waals surface area contributed by atoms with Crippen molar-refractivity contribution in [1.82, 2.24) is 4.90 Å². The van der Waals surface area contributed by atoms with Crippen LogP contribution in [0.4, 0.5) is 5.69 Å². The summed E-state index contributed by atoms with van der Waals surface area (Å²) in [6.07, 6.45) is 4.65. The SMILES string of the molecule is C=CCOC(=O)[C@H]1[C@H]2C(=O)N([C@@H](CO)[C@@H](C)CC)C(C(=O)N(CC=C)c3ccccc3Cl)C23CC[C@]1(C)O3. The van der Waals surface area contributed by atoms with Crippen molar-refractivity contribution in [3.8, 4) is 0 Å². The Morgan fingerprint density at radius 1 is 1.32 bits per heavy atom. The third-order valence-corrected chi connectivity index (χ3v) is 8.93. The van der Waals surface area contributed by atoms with E-state index in [1.165, 1.54) is 15.9 Å². The highest BCUT2D eigenvalue weighted by atomic mass is 35.5. The topological polar surface area (TPSA) is 96.4 Å². The van der Waals surface area contributed by atoms with Crippen molar-refractivity contribution < 1.29 is 29.0 Å². The number of ether oxygens (including phenoxy) is 2. The molecule has 1 aromatic rings. The summed E-state index contributed by atoms with van der Waals surface area (Å²) in [4.78, 5) is 45.2. The zero-order valence-corrected chi connectivity index (χ0v) is 23.0. The van der Waals surface area contributed by atoms with E-state index >= 15 is 0 Å². The fraction of sp³-hybridized carbons (Fsp3) is 0.552. The summed E-state index contributed by atoms with van der Waals surface area (Å²) < 4.78 is 12.1. The van der Waals surface area contributed by atoms with Gasteiger partial charge in [0.1, 0.15) is 24.2 Å². The molecule has 7 atom stereocenters. The van der Waals surface area contributed by atoms with Gasteiger partial charge in [-0.1, -0.05) is 62.7 Å². The first kappa shape index (κ1) is 28.3.